The molecule has 0 spiro atoms. The van der Waals surface area contributed by atoms with E-state index >= 15 is 0 Å². The van der Waals surface area contributed by atoms with Crippen LogP contribution >= 0.6 is 22.7 Å². The van der Waals surface area contributed by atoms with Crippen molar-refractivity contribution in [2.24, 2.45) is 0 Å². The van der Waals surface area contributed by atoms with E-state index in [-0.39, 0.29) is 5.97 Å². The Kier molecular flexibility index (Phi) is 4.28. The van der Waals surface area contributed by atoms with Gasteiger partial charge in [-0.1, -0.05) is 0 Å². The SMILES string of the molecule is CC(=O)OCCc1ccc(-c2ccc(C=O)s2)s1. The van der Waals surface area contributed by atoms with E-state index in [9.17, 15) is 9.59 Å². The van der Waals surface area contributed by atoms with Crippen LogP contribution in [0.3, 0.4) is 0 Å². The molecule has 2 aromatic heterocycles. The van der Waals surface area contributed by atoms with Crippen LogP contribution in [-0.4, -0.2) is 18.9 Å². The summed E-state index contributed by atoms with van der Waals surface area (Å²) in [7, 11) is 0. The molecule has 0 aromatic carbocycles. The van der Waals surface area contributed by atoms with Crippen molar-refractivity contribution in [1.29, 1.82) is 0 Å². The largest absolute Gasteiger partial charge is 0.465 e. The quantitative estimate of drug-likeness (QED) is 0.623. The molecule has 0 amide bonds. The Balaban J connectivity index is 2.01. The summed E-state index contributed by atoms with van der Waals surface area (Å²) in [6.07, 6.45) is 1.60. The average molecular weight is 280 g/mol. The molecule has 0 saturated carbocycles. The third kappa shape index (κ3) is 3.27. The van der Waals surface area contributed by atoms with Crippen LogP contribution in [0.2, 0.25) is 0 Å². The van der Waals surface area contributed by atoms with Crippen LogP contribution in [0.4, 0.5) is 0 Å². The second kappa shape index (κ2) is 5.93. The first-order valence-corrected chi connectivity index (χ1v) is 7.10. The van der Waals surface area contributed by atoms with E-state index in [0.29, 0.717) is 6.61 Å². The van der Waals surface area contributed by atoms with Crippen LogP contribution in [-0.2, 0) is 16.0 Å². The zero-order valence-electron chi connectivity index (χ0n) is 9.84. The Hall–Kier alpha value is -1.46. The normalized spacial score (nSPS) is 10.3. The van der Waals surface area contributed by atoms with Crippen molar-refractivity contribution < 1.29 is 14.3 Å². The second-order valence-electron chi connectivity index (χ2n) is 3.68. The van der Waals surface area contributed by atoms with Gasteiger partial charge in [0.05, 0.1) is 11.5 Å². The minimum atomic E-state index is -0.249. The van der Waals surface area contributed by atoms with E-state index < -0.39 is 0 Å². The predicted octanol–water partition coefficient (Wildman–Crippen LogP) is 3.39. The number of thiophene rings is 2. The van der Waals surface area contributed by atoms with Gasteiger partial charge in [-0.05, 0) is 24.3 Å². The van der Waals surface area contributed by atoms with Gasteiger partial charge in [0.2, 0.25) is 0 Å². The van der Waals surface area contributed by atoms with Crippen molar-refractivity contribution in [3.8, 4) is 9.75 Å². The fourth-order valence-electron chi connectivity index (χ4n) is 1.49. The summed E-state index contributed by atoms with van der Waals surface area (Å²) in [5.41, 5.74) is 0. The van der Waals surface area contributed by atoms with Crippen molar-refractivity contribution >= 4 is 34.9 Å². The van der Waals surface area contributed by atoms with Crippen molar-refractivity contribution in [2.45, 2.75) is 13.3 Å². The number of carbonyl (C=O) groups excluding carboxylic acids is 2. The van der Waals surface area contributed by atoms with Gasteiger partial charge in [0.1, 0.15) is 0 Å². The van der Waals surface area contributed by atoms with E-state index in [1.54, 1.807) is 11.3 Å². The van der Waals surface area contributed by atoms with Crippen molar-refractivity contribution in [2.75, 3.05) is 6.61 Å². The van der Waals surface area contributed by atoms with Crippen LogP contribution in [0, 0.1) is 0 Å². The third-order valence-electron chi connectivity index (χ3n) is 2.30. The molecule has 0 unspecified atom stereocenters. The lowest BCUT2D eigenvalue weighted by atomic mass is 10.3. The minimum absolute atomic E-state index is 0.249. The highest BCUT2D eigenvalue weighted by Gasteiger charge is 2.06. The van der Waals surface area contributed by atoms with Gasteiger partial charge in [-0.25, -0.2) is 0 Å². The number of esters is 1. The summed E-state index contributed by atoms with van der Waals surface area (Å²) in [4.78, 5) is 25.4. The molecule has 94 valence electrons. The van der Waals surface area contributed by atoms with Gasteiger partial charge in [-0.3, -0.25) is 9.59 Å². The zero-order chi connectivity index (χ0) is 13.0. The standard InChI is InChI=1S/C13H12O3S2/c1-9(15)16-7-6-10-2-4-12(17-10)13-5-3-11(8-14)18-13/h2-5,8H,6-7H2,1H3. The van der Waals surface area contributed by atoms with E-state index in [4.69, 9.17) is 4.74 Å². The van der Waals surface area contributed by atoms with E-state index in [1.807, 2.05) is 24.3 Å². The van der Waals surface area contributed by atoms with Crippen LogP contribution < -0.4 is 0 Å². The Bertz CT molecular complexity index is 554. The van der Waals surface area contributed by atoms with E-state index in [2.05, 4.69) is 0 Å². The van der Waals surface area contributed by atoms with Crippen LogP contribution in [0.5, 0.6) is 0 Å². The number of rotatable bonds is 5. The first kappa shape index (κ1) is 13.0. The maximum absolute atomic E-state index is 10.6. The summed E-state index contributed by atoms with van der Waals surface area (Å²) in [5.74, 6) is -0.249. The molecule has 0 N–H and O–H groups in total. The molecule has 0 atom stereocenters. The first-order chi connectivity index (χ1) is 8.69. The van der Waals surface area contributed by atoms with Crippen molar-refractivity contribution in [1.82, 2.24) is 0 Å². The molecule has 0 bridgehead atoms. The monoisotopic (exact) mass is 280 g/mol. The molecule has 0 fully saturated rings. The molecule has 2 rings (SSSR count). The molecule has 2 heterocycles. The van der Waals surface area contributed by atoms with Crippen molar-refractivity contribution in [3.63, 3.8) is 0 Å². The molecule has 0 saturated heterocycles. The fraction of sp³-hybridized carbons (Fsp3) is 0.231. The molecular formula is C13H12O3S2. The Labute approximate surface area is 113 Å². The maximum Gasteiger partial charge on any atom is 0.302 e. The van der Waals surface area contributed by atoms with Crippen LogP contribution in [0.25, 0.3) is 9.75 Å². The molecule has 0 radical (unpaired) electrons. The minimum Gasteiger partial charge on any atom is -0.465 e. The molecule has 2 aromatic rings. The van der Waals surface area contributed by atoms with E-state index in [1.165, 1.54) is 23.1 Å². The summed E-state index contributed by atoms with van der Waals surface area (Å²) < 4.78 is 4.91. The Morgan fingerprint density at radius 3 is 2.61 bits per heavy atom. The molecule has 18 heavy (non-hydrogen) atoms. The summed E-state index contributed by atoms with van der Waals surface area (Å²) in [6.45, 7) is 1.83. The lowest BCUT2D eigenvalue weighted by Crippen LogP contribution is -2.01. The lowest BCUT2D eigenvalue weighted by Gasteiger charge is -1.98. The number of aldehydes is 1. The molecular weight excluding hydrogens is 268 g/mol. The zero-order valence-corrected chi connectivity index (χ0v) is 11.5. The van der Waals surface area contributed by atoms with Crippen LogP contribution in [0.1, 0.15) is 21.5 Å². The van der Waals surface area contributed by atoms with Gasteiger partial charge >= 0.3 is 5.97 Å². The number of hydrogen-bond donors (Lipinski definition) is 0. The molecule has 3 nitrogen and oxygen atoms in total. The molecule has 0 aliphatic carbocycles. The number of hydrogen-bond acceptors (Lipinski definition) is 5. The van der Waals surface area contributed by atoms with Gasteiger partial charge in [-0.2, -0.15) is 0 Å². The summed E-state index contributed by atoms with van der Waals surface area (Å²) in [6, 6.07) is 7.85. The average Bonchev–Trinajstić information content (AvgIpc) is 2.95. The lowest BCUT2D eigenvalue weighted by molar-refractivity contribution is -0.140. The van der Waals surface area contributed by atoms with Gasteiger partial charge in [0.25, 0.3) is 0 Å². The van der Waals surface area contributed by atoms with Crippen molar-refractivity contribution in [3.05, 3.63) is 34.0 Å². The molecule has 0 aliphatic rings. The number of carbonyl (C=O) groups is 2. The summed E-state index contributed by atoms with van der Waals surface area (Å²) >= 11 is 3.15. The van der Waals surface area contributed by atoms with Gasteiger partial charge in [-0.15, -0.1) is 22.7 Å². The Morgan fingerprint density at radius 2 is 1.94 bits per heavy atom. The first-order valence-electron chi connectivity index (χ1n) is 5.46. The molecule has 0 aliphatic heterocycles. The van der Waals surface area contributed by atoms with Gasteiger partial charge < -0.3 is 4.74 Å². The third-order valence-corrected chi connectivity index (χ3v) is 4.65. The summed E-state index contributed by atoms with van der Waals surface area (Å²) in [5, 5.41) is 0. The van der Waals surface area contributed by atoms with Crippen LogP contribution in [0.15, 0.2) is 24.3 Å². The van der Waals surface area contributed by atoms with Gasteiger partial charge in [0, 0.05) is 28.0 Å². The predicted molar refractivity (Wildman–Crippen MR) is 73.4 cm³/mol. The smallest absolute Gasteiger partial charge is 0.302 e. The second-order valence-corrected chi connectivity index (χ2v) is 5.96. The van der Waals surface area contributed by atoms with Gasteiger partial charge in [0.15, 0.2) is 6.29 Å². The highest BCUT2D eigenvalue weighted by atomic mass is 32.1. The van der Waals surface area contributed by atoms with E-state index in [0.717, 1.165) is 27.3 Å². The highest BCUT2D eigenvalue weighted by Crippen LogP contribution is 2.33. The highest BCUT2D eigenvalue weighted by molar-refractivity contribution is 7.22. The Morgan fingerprint density at radius 1 is 1.22 bits per heavy atom. The fourth-order valence-corrected chi connectivity index (χ4v) is 3.39. The maximum atomic E-state index is 10.6. The topological polar surface area (TPSA) is 43.4 Å². The molecule has 5 heteroatoms. The number of ether oxygens (including phenoxy) is 1.